The van der Waals surface area contributed by atoms with Crippen molar-refractivity contribution in [3.8, 4) is 11.5 Å². The van der Waals surface area contributed by atoms with Crippen LogP contribution in [0.5, 0.6) is 11.5 Å². The molecule has 2 aromatic carbocycles. The first-order chi connectivity index (χ1) is 18.6. The van der Waals surface area contributed by atoms with Gasteiger partial charge < -0.3 is 24.3 Å². The van der Waals surface area contributed by atoms with Crippen molar-refractivity contribution < 1.29 is 47.7 Å². The number of amides is 1. The summed E-state index contributed by atoms with van der Waals surface area (Å²) in [5.41, 5.74) is 1.27. The lowest BCUT2D eigenvalue weighted by atomic mass is 10.0. The van der Waals surface area contributed by atoms with Gasteiger partial charge in [-0.15, -0.1) is 0 Å². The number of hydrogen-bond acceptors (Lipinski definition) is 10. The number of benzene rings is 2. The smallest absolute Gasteiger partial charge is 0.328 e. The largest absolute Gasteiger partial charge is 0.497 e. The van der Waals surface area contributed by atoms with Crippen LogP contribution in [-0.4, -0.2) is 62.2 Å². The lowest BCUT2D eigenvalue weighted by molar-refractivity contribution is -0.146. The highest BCUT2D eigenvalue weighted by Gasteiger charge is 2.23. The molecule has 1 unspecified atom stereocenters. The van der Waals surface area contributed by atoms with Gasteiger partial charge in [-0.3, -0.25) is 24.0 Å². The van der Waals surface area contributed by atoms with Crippen LogP contribution < -0.4 is 14.8 Å². The van der Waals surface area contributed by atoms with Gasteiger partial charge in [-0.1, -0.05) is 24.3 Å². The van der Waals surface area contributed by atoms with Crippen LogP contribution >= 0.6 is 0 Å². The van der Waals surface area contributed by atoms with E-state index in [1.54, 1.807) is 36.4 Å². The first-order valence-electron chi connectivity index (χ1n) is 12.1. The quantitative estimate of drug-likeness (QED) is 0.201. The minimum Gasteiger partial charge on any atom is -0.497 e. The van der Waals surface area contributed by atoms with Gasteiger partial charge in [0.1, 0.15) is 41.9 Å². The molecule has 11 nitrogen and oxygen atoms in total. The van der Waals surface area contributed by atoms with E-state index in [-0.39, 0.29) is 43.8 Å². The molecule has 1 N–H and O–H groups in total. The molecule has 2 aromatic rings. The Labute approximate surface area is 225 Å². The lowest BCUT2D eigenvalue weighted by Crippen LogP contribution is -2.43. The fourth-order valence-corrected chi connectivity index (χ4v) is 3.47. The third-order valence-electron chi connectivity index (χ3n) is 5.27. The molecule has 0 aliphatic rings. The monoisotopic (exact) mass is 541 g/mol. The average molecular weight is 542 g/mol. The number of ketones is 2. The van der Waals surface area contributed by atoms with Crippen LogP contribution in [0, 0.1) is 0 Å². The maximum Gasteiger partial charge on any atom is 0.328 e. The summed E-state index contributed by atoms with van der Waals surface area (Å²) in [6, 6.07) is 12.3. The third-order valence-corrected chi connectivity index (χ3v) is 5.27. The Morgan fingerprint density at radius 2 is 1.51 bits per heavy atom. The van der Waals surface area contributed by atoms with Gasteiger partial charge in [0, 0.05) is 12.8 Å². The van der Waals surface area contributed by atoms with Crippen LogP contribution in [0.15, 0.2) is 48.5 Å². The molecule has 0 saturated heterocycles. The molecule has 0 saturated carbocycles. The van der Waals surface area contributed by atoms with Gasteiger partial charge in [-0.05, 0) is 42.3 Å². The van der Waals surface area contributed by atoms with E-state index in [0.717, 1.165) is 0 Å². The Bertz CT molecular complexity index is 1210. The number of nitrogens with one attached hydrogen (secondary N) is 1. The fourth-order valence-electron chi connectivity index (χ4n) is 3.47. The van der Waals surface area contributed by atoms with E-state index in [9.17, 15) is 28.8 Å². The van der Waals surface area contributed by atoms with Crippen molar-refractivity contribution in [3.05, 3.63) is 59.7 Å². The Morgan fingerprint density at radius 1 is 0.846 bits per heavy atom. The normalized spacial score (nSPS) is 11.1. The standard InChI is InChI=1S/C28H31NO10/c1-18(30)12-26(33)38-11-10-21(31)17-27(34)39-23-9-5-6-19(14-23)15-24(28(35)37-3)29-25(32)16-20-7-4-8-22(13-20)36-2/h4-9,13-14,24H,10-12,15-17H2,1-3H3,(H,29,32). The molecule has 208 valence electrons. The summed E-state index contributed by atoms with van der Waals surface area (Å²) in [5.74, 6) is -2.71. The van der Waals surface area contributed by atoms with Gasteiger partial charge >= 0.3 is 17.9 Å². The first-order valence-corrected chi connectivity index (χ1v) is 12.1. The Hall–Kier alpha value is -4.54. The van der Waals surface area contributed by atoms with Crippen molar-refractivity contribution in [1.82, 2.24) is 5.32 Å². The van der Waals surface area contributed by atoms with E-state index in [2.05, 4.69) is 5.32 Å². The maximum absolute atomic E-state index is 12.6. The molecule has 0 radical (unpaired) electrons. The predicted octanol–water partition coefficient (Wildman–Crippen LogP) is 1.92. The summed E-state index contributed by atoms with van der Waals surface area (Å²) < 4.78 is 20.0. The summed E-state index contributed by atoms with van der Waals surface area (Å²) in [5, 5.41) is 2.67. The topological polar surface area (TPSA) is 151 Å². The van der Waals surface area contributed by atoms with Crippen molar-refractivity contribution >= 4 is 35.4 Å². The summed E-state index contributed by atoms with van der Waals surface area (Å²) in [7, 11) is 2.73. The van der Waals surface area contributed by atoms with E-state index < -0.39 is 42.1 Å². The summed E-state index contributed by atoms with van der Waals surface area (Å²) in [6.45, 7) is 0.999. The van der Waals surface area contributed by atoms with Crippen LogP contribution in [-0.2, 0) is 51.1 Å². The van der Waals surface area contributed by atoms with E-state index >= 15 is 0 Å². The maximum atomic E-state index is 12.6. The number of carbonyl (C=O) groups excluding carboxylic acids is 6. The Kier molecular flexibility index (Phi) is 12.3. The highest BCUT2D eigenvalue weighted by Crippen LogP contribution is 2.17. The third kappa shape index (κ3) is 11.6. The zero-order valence-corrected chi connectivity index (χ0v) is 22.0. The number of carbonyl (C=O) groups is 6. The number of Topliss-reactive ketones (excluding diaryl/α,β-unsaturated/α-hetero) is 2. The molecule has 39 heavy (non-hydrogen) atoms. The minimum absolute atomic E-state index is 0.0201. The van der Waals surface area contributed by atoms with Gasteiger partial charge in [-0.2, -0.15) is 0 Å². The highest BCUT2D eigenvalue weighted by molar-refractivity contribution is 5.97. The van der Waals surface area contributed by atoms with Gasteiger partial charge in [0.15, 0.2) is 0 Å². The molecule has 2 rings (SSSR count). The molecule has 0 aromatic heterocycles. The molecule has 0 aliphatic carbocycles. The first kappa shape index (κ1) is 30.7. The number of rotatable bonds is 15. The average Bonchev–Trinajstić information content (AvgIpc) is 2.87. The number of methoxy groups -OCH3 is 2. The van der Waals surface area contributed by atoms with Crippen LogP contribution in [0.25, 0.3) is 0 Å². The Morgan fingerprint density at radius 3 is 2.18 bits per heavy atom. The fraction of sp³-hybridized carbons (Fsp3) is 0.357. The summed E-state index contributed by atoms with van der Waals surface area (Å²) in [4.78, 5) is 71.3. The summed E-state index contributed by atoms with van der Waals surface area (Å²) in [6.07, 6.45) is -1.04. The van der Waals surface area contributed by atoms with Crippen molar-refractivity contribution in [2.45, 2.75) is 45.1 Å². The zero-order chi connectivity index (χ0) is 28.8. The zero-order valence-electron chi connectivity index (χ0n) is 22.0. The van der Waals surface area contributed by atoms with E-state index in [1.807, 2.05) is 0 Å². The van der Waals surface area contributed by atoms with Gasteiger partial charge in [0.25, 0.3) is 0 Å². The molecule has 0 fully saturated rings. The number of hydrogen-bond donors (Lipinski definition) is 1. The Balaban J connectivity index is 1.92. The molecule has 11 heteroatoms. The molecule has 1 amide bonds. The molecule has 1 atom stereocenters. The highest BCUT2D eigenvalue weighted by atomic mass is 16.5. The van der Waals surface area contributed by atoms with E-state index in [1.165, 1.54) is 33.3 Å². The van der Waals surface area contributed by atoms with Gasteiger partial charge in [0.05, 0.1) is 27.2 Å². The van der Waals surface area contributed by atoms with Crippen molar-refractivity contribution in [2.75, 3.05) is 20.8 Å². The van der Waals surface area contributed by atoms with E-state index in [0.29, 0.717) is 16.9 Å². The van der Waals surface area contributed by atoms with Crippen LogP contribution in [0.1, 0.15) is 37.3 Å². The molecule has 0 bridgehead atoms. The molecule has 0 heterocycles. The second-order valence-electron chi connectivity index (χ2n) is 8.56. The predicted molar refractivity (Wildman–Crippen MR) is 137 cm³/mol. The second kappa shape index (κ2) is 15.7. The molecular weight excluding hydrogens is 510 g/mol. The number of esters is 3. The molecular formula is C28H31NO10. The second-order valence-corrected chi connectivity index (χ2v) is 8.56. The van der Waals surface area contributed by atoms with Crippen LogP contribution in [0.3, 0.4) is 0 Å². The van der Waals surface area contributed by atoms with E-state index in [4.69, 9.17) is 18.9 Å². The van der Waals surface area contributed by atoms with Crippen molar-refractivity contribution in [1.29, 1.82) is 0 Å². The lowest BCUT2D eigenvalue weighted by Gasteiger charge is -2.17. The van der Waals surface area contributed by atoms with Gasteiger partial charge in [0.2, 0.25) is 5.91 Å². The summed E-state index contributed by atoms with van der Waals surface area (Å²) >= 11 is 0. The SMILES string of the molecule is COC(=O)C(Cc1cccc(OC(=O)CC(=O)CCOC(=O)CC(C)=O)c1)NC(=O)Cc1cccc(OC)c1. The number of ether oxygens (including phenoxy) is 4. The van der Waals surface area contributed by atoms with Gasteiger partial charge in [-0.25, -0.2) is 4.79 Å². The molecule has 0 aliphatic heterocycles. The van der Waals surface area contributed by atoms with Crippen molar-refractivity contribution in [2.24, 2.45) is 0 Å². The van der Waals surface area contributed by atoms with Crippen LogP contribution in [0.2, 0.25) is 0 Å². The molecule has 0 spiro atoms. The van der Waals surface area contributed by atoms with Crippen LogP contribution in [0.4, 0.5) is 0 Å². The van der Waals surface area contributed by atoms with Crippen molar-refractivity contribution in [3.63, 3.8) is 0 Å². The minimum atomic E-state index is -0.994.